The predicted octanol–water partition coefficient (Wildman–Crippen LogP) is 1.17. The lowest BCUT2D eigenvalue weighted by Crippen LogP contribution is -3.08. The number of carbonyl (C=O) groups is 2. The van der Waals surface area contributed by atoms with E-state index in [0.29, 0.717) is 30.8 Å². The number of aryl methyl sites for hydroxylation is 1. The molecule has 2 amide bonds. The van der Waals surface area contributed by atoms with Crippen molar-refractivity contribution in [1.29, 1.82) is 0 Å². The number of hydrogen-bond donors (Lipinski definition) is 3. The van der Waals surface area contributed by atoms with E-state index in [1.54, 1.807) is 6.92 Å². The number of likely N-dealkylation sites (N-methyl/N-ethyl adjacent to an activating group) is 1. The third-order valence-corrected chi connectivity index (χ3v) is 4.56. The zero-order valence-corrected chi connectivity index (χ0v) is 16.1. The van der Waals surface area contributed by atoms with E-state index in [2.05, 4.69) is 48.9 Å². The summed E-state index contributed by atoms with van der Waals surface area (Å²) in [5.41, 5.74) is 3.73. The van der Waals surface area contributed by atoms with Crippen LogP contribution in [0.3, 0.4) is 0 Å². The summed E-state index contributed by atoms with van der Waals surface area (Å²) in [5.74, 6) is -0.359. The molecule has 6 heteroatoms. The van der Waals surface area contributed by atoms with Crippen molar-refractivity contribution in [3.05, 3.63) is 46.7 Å². The lowest BCUT2D eigenvalue weighted by atomic mass is 10.00. The summed E-state index contributed by atoms with van der Waals surface area (Å²) in [4.78, 5) is 25.6. The molecule has 1 heterocycles. The molecule has 0 aromatic heterocycles. The van der Waals surface area contributed by atoms with Gasteiger partial charge in [-0.05, 0) is 25.3 Å². The first-order valence-electron chi connectivity index (χ1n) is 9.35. The second-order valence-corrected chi connectivity index (χ2v) is 6.65. The Hall–Kier alpha value is -2.34. The van der Waals surface area contributed by atoms with Crippen molar-refractivity contribution in [2.24, 2.45) is 0 Å². The van der Waals surface area contributed by atoms with Crippen molar-refractivity contribution < 1.29 is 19.2 Å². The number of nitrogens with one attached hydrogen (secondary N) is 3. The third kappa shape index (κ3) is 5.08. The minimum atomic E-state index is -0.359. The van der Waals surface area contributed by atoms with Gasteiger partial charge in [-0.1, -0.05) is 38.1 Å². The molecule has 0 bridgehead atoms. The zero-order chi connectivity index (χ0) is 19.1. The maximum absolute atomic E-state index is 12.4. The molecule has 0 saturated heterocycles. The van der Waals surface area contributed by atoms with Crippen LogP contribution in [0.5, 0.6) is 0 Å². The van der Waals surface area contributed by atoms with Gasteiger partial charge in [0.2, 0.25) is 0 Å². The van der Waals surface area contributed by atoms with Crippen molar-refractivity contribution in [3.8, 4) is 0 Å². The van der Waals surface area contributed by atoms with Crippen LogP contribution in [0.15, 0.2) is 35.5 Å². The molecule has 26 heavy (non-hydrogen) atoms. The fraction of sp³-hybridized carbons (Fsp3) is 0.500. The van der Waals surface area contributed by atoms with Gasteiger partial charge < -0.3 is 20.3 Å². The fourth-order valence-corrected chi connectivity index (χ4v) is 3.21. The minimum absolute atomic E-state index is 0.264. The topological polar surface area (TPSA) is 71.9 Å². The molecule has 0 radical (unpaired) electrons. The van der Waals surface area contributed by atoms with Crippen LogP contribution in [0.4, 0.5) is 4.79 Å². The zero-order valence-electron chi connectivity index (χ0n) is 16.1. The first-order valence-corrected chi connectivity index (χ1v) is 9.35. The summed E-state index contributed by atoms with van der Waals surface area (Å²) in [6, 6.07) is 7.99. The maximum atomic E-state index is 12.4. The van der Waals surface area contributed by atoms with Gasteiger partial charge >= 0.3 is 12.0 Å². The van der Waals surface area contributed by atoms with Gasteiger partial charge in [0.1, 0.15) is 13.1 Å². The first-order chi connectivity index (χ1) is 12.5. The summed E-state index contributed by atoms with van der Waals surface area (Å²) < 4.78 is 5.21. The van der Waals surface area contributed by atoms with Gasteiger partial charge in [0, 0.05) is 5.56 Å². The second kappa shape index (κ2) is 9.38. The Morgan fingerprint density at radius 3 is 2.35 bits per heavy atom. The van der Waals surface area contributed by atoms with Gasteiger partial charge in [0.05, 0.1) is 31.0 Å². The van der Waals surface area contributed by atoms with E-state index in [4.69, 9.17) is 4.74 Å². The van der Waals surface area contributed by atoms with Crippen molar-refractivity contribution in [2.45, 2.75) is 46.2 Å². The Balaban J connectivity index is 2.17. The molecule has 0 aliphatic carbocycles. The molecular formula is C20H30N3O3+. The molecule has 3 N–H and O–H groups in total. The minimum Gasteiger partial charge on any atom is -0.463 e. The fourth-order valence-electron chi connectivity index (χ4n) is 3.21. The molecule has 1 aromatic carbocycles. The van der Waals surface area contributed by atoms with Crippen LogP contribution in [0.2, 0.25) is 0 Å². The van der Waals surface area contributed by atoms with E-state index in [-0.39, 0.29) is 18.0 Å². The van der Waals surface area contributed by atoms with Crippen LogP contribution >= 0.6 is 0 Å². The van der Waals surface area contributed by atoms with Crippen molar-refractivity contribution >= 4 is 12.0 Å². The van der Waals surface area contributed by atoms with Gasteiger partial charge in [-0.25, -0.2) is 9.59 Å². The largest absolute Gasteiger partial charge is 0.463 e. The highest BCUT2D eigenvalue weighted by Gasteiger charge is 2.32. The first kappa shape index (κ1) is 20.0. The quantitative estimate of drug-likeness (QED) is 0.610. The van der Waals surface area contributed by atoms with E-state index in [9.17, 15) is 9.59 Å². The Morgan fingerprint density at radius 2 is 1.77 bits per heavy atom. The number of carbonyl (C=O) groups excluding carboxylic acids is 2. The molecule has 0 spiro atoms. The van der Waals surface area contributed by atoms with Gasteiger partial charge in [0.25, 0.3) is 0 Å². The van der Waals surface area contributed by atoms with Crippen molar-refractivity contribution in [1.82, 2.24) is 10.6 Å². The summed E-state index contributed by atoms with van der Waals surface area (Å²) >= 11 is 0. The summed E-state index contributed by atoms with van der Waals surface area (Å²) in [6.45, 7) is 7.54. The highest BCUT2D eigenvalue weighted by molar-refractivity contribution is 5.94. The van der Waals surface area contributed by atoms with Gasteiger partial charge in [0.15, 0.2) is 0 Å². The highest BCUT2D eigenvalue weighted by atomic mass is 16.5. The molecule has 0 fully saturated rings. The number of rotatable bonds is 8. The Labute approximate surface area is 155 Å². The van der Waals surface area contributed by atoms with Crippen molar-refractivity contribution in [2.75, 3.05) is 20.2 Å². The van der Waals surface area contributed by atoms with Crippen LogP contribution in [-0.4, -0.2) is 38.2 Å². The van der Waals surface area contributed by atoms with E-state index in [1.165, 1.54) is 16.0 Å². The van der Waals surface area contributed by atoms with Crippen LogP contribution in [0.25, 0.3) is 0 Å². The highest BCUT2D eigenvalue weighted by Crippen LogP contribution is 2.16. The average Bonchev–Trinajstić information content (AvgIpc) is 2.61. The molecule has 142 valence electrons. The Kier molecular flexibility index (Phi) is 7.21. The van der Waals surface area contributed by atoms with E-state index >= 15 is 0 Å². The molecule has 2 atom stereocenters. The van der Waals surface area contributed by atoms with E-state index < -0.39 is 0 Å². The monoisotopic (exact) mass is 360 g/mol. The van der Waals surface area contributed by atoms with Crippen LogP contribution in [0.1, 0.15) is 38.3 Å². The number of benzene rings is 1. The molecule has 1 unspecified atom stereocenters. The Morgan fingerprint density at radius 1 is 1.12 bits per heavy atom. The third-order valence-electron chi connectivity index (χ3n) is 4.56. The van der Waals surface area contributed by atoms with Crippen LogP contribution < -0.4 is 15.5 Å². The van der Waals surface area contributed by atoms with Gasteiger partial charge in [-0.2, -0.15) is 0 Å². The predicted molar refractivity (Wildman–Crippen MR) is 101 cm³/mol. The number of hydrogen-bond acceptors (Lipinski definition) is 3. The SMILES string of the molecule is CCOC(=O)C1=C(C[NH+](C)Cc2ccc(CC)cc2)NC(=O)N[C@@H]1CC. The lowest BCUT2D eigenvalue weighted by molar-refractivity contribution is -0.889. The summed E-state index contributed by atoms with van der Waals surface area (Å²) in [5, 5.41) is 5.62. The number of esters is 1. The lowest BCUT2D eigenvalue weighted by Gasteiger charge is -2.29. The standard InChI is InChI=1S/C20H29N3O3/c1-5-14-8-10-15(11-9-14)12-23(4)13-17-18(19(24)26-7-3)16(6-2)21-20(25)22-17/h8-11,16H,5-7,12-13H2,1-4H3,(H2,21,22,25)/p+1/t16-/m1/s1. The summed E-state index contributed by atoms with van der Waals surface area (Å²) in [6.07, 6.45) is 1.67. The van der Waals surface area contributed by atoms with E-state index in [1.807, 2.05) is 6.92 Å². The van der Waals surface area contributed by atoms with Gasteiger partial charge in [-0.3, -0.25) is 0 Å². The number of ether oxygens (including phenoxy) is 1. The summed E-state index contributed by atoms with van der Waals surface area (Å²) in [7, 11) is 2.05. The Bertz CT molecular complexity index is 667. The van der Waals surface area contributed by atoms with Crippen LogP contribution in [-0.2, 0) is 22.5 Å². The number of urea groups is 1. The van der Waals surface area contributed by atoms with Gasteiger partial charge in [-0.15, -0.1) is 0 Å². The number of amides is 2. The molecule has 6 nitrogen and oxygen atoms in total. The maximum Gasteiger partial charge on any atom is 0.338 e. The molecule has 2 rings (SSSR count). The smallest absolute Gasteiger partial charge is 0.338 e. The van der Waals surface area contributed by atoms with Crippen LogP contribution in [0, 0.1) is 0 Å². The molecule has 1 aromatic rings. The van der Waals surface area contributed by atoms with E-state index in [0.717, 1.165) is 13.0 Å². The molecule has 0 saturated carbocycles. The number of quaternary nitrogens is 1. The second-order valence-electron chi connectivity index (χ2n) is 6.65. The van der Waals surface area contributed by atoms with Crippen molar-refractivity contribution in [3.63, 3.8) is 0 Å². The molecule has 1 aliphatic rings. The normalized spacial score (nSPS) is 18.2. The molecular weight excluding hydrogens is 330 g/mol. The molecule has 1 aliphatic heterocycles. The average molecular weight is 360 g/mol.